The number of benzene rings is 1. The number of hydrogen-bond acceptors (Lipinski definition) is 3. The van der Waals surface area contributed by atoms with Gasteiger partial charge >= 0.3 is 0 Å². The summed E-state index contributed by atoms with van der Waals surface area (Å²) in [7, 11) is 0. The van der Waals surface area contributed by atoms with E-state index in [1.54, 1.807) is 23.1 Å². The van der Waals surface area contributed by atoms with Crippen LogP contribution in [0.25, 0.3) is 0 Å². The third-order valence-electron chi connectivity index (χ3n) is 2.48. The van der Waals surface area contributed by atoms with Crippen molar-refractivity contribution in [3.05, 3.63) is 51.7 Å². The van der Waals surface area contributed by atoms with Gasteiger partial charge in [0, 0.05) is 16.2 Å². The van der Waals surface area contributed by atoms with Gasteiger partial charge in [0.1, 0.15) is 0 Å². The normalized spacial score (nSPS) is 14.3. The van der Waals surface area contributed by atoms with Crippen molar-refractivity contribution in [3.63, 3.8) is 0 Å². The molecule has 0 unspecified atom stereocenters. The third-order valence-corrected chi connectivity index (χ3v) is 4.63. The van der Waals surface area contributed by atoms with E-state index < -0.39 is 0 Å². The van der Waals surface area contributed by atoms with E-state index in [-0.39, 0.29) is 5.78 Å². The summed E-state index contributed by atoms with van der Waals surface area (Å²) in [6.45, 7) is 0. The standard InChI is InChI=1S/C12H8OS2/c13-11-9-4-2-1-3-8(9)7-15-10-5-6-14-12(10)11/h1-6H,7H2. The van der Waals surface area contributed by atoms with E-state index in [4.69, 9.17) is 0 Å². The highest BCUT2D eigenvalue weighted by atomic mass is 32.2. The molecule has 0 aliphatic carbocycles. The fourth-order valence-corrected chi connectivity index (χ4v) is 3.82. The topological polar surface area (TPSA) is 17.1 Å². The van der Waals surface area contributed by atoms with Crippen LogP contribution in [0.4, 0.5) is 0 Å². The monoisotopic (exact) mass is 232 g/mol. The quantitative estimate of drug-likeness (QED) is 0.690. The van der Waals surface area contributed by atoms with E-state index in [2.05, 4.69) is 0 Å². The summed E-state index contributed by atoms with van der Waals surface area (Å²) < 4.78 is 0. The molecule has 0 bridgehead atoms. The van der Waals surface area contributed by atoms with E-state index in [1.807, 2.05) is 35.7 Å². The number of carbonyl (C=O) groups excluding carboxylic acids is 1. The van der Waals surface area contributed by atoms with Crippen molar-refractivity contribution in [1.82, 2.24) is 0 Å². The van der Waals surface area contributed by atoms with Crippen LogP contribution in [0.1, 0.15) is 20.8 Å². The van der Waals surface area contributed by atoms with Gasteiger partial charge in [-0.2, -0.15) is 0 Å². The van der Waals surface area contributed by atoms with Crippen LogP contribution in [-0.2, 0) is 5.75 Å². The Kier molecular flexibility index (Phi) is 2.15. The second-order valence-corrected chi connectivity index (χ2v) is 5.32. The van der Waals surface area contributed by atoms with E-state index in [0.717, 1.165) is 26.7 Å². The maximum atomic E-state index is 12.2. The number of ketones is 1. The molecule has 1 nitrogen and oxygen atoms in total. The first-order valence-corrected chi connectivity index (χ1v) is 6.55. The molecule has 0 fully saturated rings. The van der Waals surface area contributed by atoms with E-state index >= 15 is 0 Å². The molecule has 3 heteroatoms. The van der Waals surface area contributed by atoms with Crippen LogP contribution < -0.4 is 0 Å². The summed E-state index contributed by atoms with van der Waals surface area (Å²) in [6.07, 6.45) is 0. The average Bonchev–Trinajstić information content (AvgIpc) is 2.69. The minimum atomic E-state index is 0.181. The molecule has 1 aromatic heterocycles. The van der Waals surface area contributed by atoms with E-state index in [0.29, 0.717) is 0 Å². The molecule has 0 saturated heterocycles. The molecule has 1 aromatic carbocycles. The molecule has 0 N–H and O–H groups in total. The Bertz CT molecular complexity index is 528. The Balaban J connectivity index is 2.22. The molecule has 0 amide bonds. The van der Waals surface area contributed by atoms with Gasteiger partial charge in [0.2, 0.25) is 5.78 Å². The van der Waals surface area contributed by atoms with Gasteiger partial charge in [-0.3, -0.25) is 4.79 Å². The highest BCUT2D eigenvalue weighted by Gasteiger charge is 2.21. The Labute approximate surface area is 96.1 Å². The van der Waals surface area contributed by atoms with Crippen molar-refractivity contribution < 1.29 is 4.79 Å². The molecule has 3 rings (SSSR count). The summed E-state index contributed by atoms with van der Waals surface area (Å²) >= 11 is 3.29. The van der Waals surface area contributed by atoms with Gasteiger partial charge in [0.05, 0.1) is 4.88 Å². The van der Waals surface area contributed by atoms with Crippen LogP contribution in [0.2, 0.25) is 0 Å². The molecule has 1 aliphatic heterocycles. The molecule has 0 radical (unpaired) electrons. The van der Waals surface area contributed by atoms with Crippen molar-refractivity contribution in [2.75, 3.05) is 0 Å². The third kappa shape index (κ3) is 1.43. The van der Waals surface area contributed by atoms with Gasteiger partial charge in [-0.15, -0.1) is 23.1 Å². The van der Waals surface area contributed by atoms with Crippen LogP contribution in [-0.4, -0.2) is 5.78 Å². The van der Waals surface area contributed by atoms with Crippen LogP contribution in [0.3, 0.4) is 0 Å². The van der Waals surface area contributed by atoms with Gasteiger partial charge in [-0.25, -0.2) is 0 Å². The zero-order chi connectivity index (χ0) is 10.3. The first-order chi connectivity index (χ1) is 7.36. The second kappa shape index (κ2) is 3.51. The lowest BCUT2D eigenvalue weighted by Crippen LogP contribution is -2.00. The molecule has 0 atom stereocenters. The second-order valence-electron chi connectivity index (χ2n) is 3.39. The smallest absolute Gasteiger partial charge is 0.204 e. The van der Waals surface area contributed by atoms with Crippen LogP contribution >= 0.6 is 23.1 Å². The fraction of sp³-hybridized carbons (Fsp3) is 0.0833. The molecular weight excluding hydrogens is 224 g/mol. The number of thiophene rings is 1. The summed E-state index contributed by atoms with van der Waals surface area (Å²) in [6, 6.07) is 9.92. The van der Waals surface area contributed by atoms with Crippen LogP contribution in [0, 0.1) is 0 Å². The van der Waals surface area contributed by atoms with Gasteiger partial charge in [0.15, 0.2) is 0 Å². The van der Waals surface area contributed by atoms with Crippen molar-refractivity contribution in [3.8, 4) is 0 Å². The van der Waals surface area contributed by atoms with E-state index in [9.17, 15) is 4.79 Å². The zero-order valence-corrected chi connectivity index (χ0v) is 9.53. The molecule has 2 aromatic rings. The molecule has 1 aliphatic rings. The zero-order valence-electron chi connectivity index (χ0n) is 7.90. The highest BCUT2D eigenvalue weighted by Crippen LogP contribution is 2.36. The van der Waals surface area contributed by atoms with Crippen molar-refractivity contribution in [1.29, 1.82) is 0 Å². The average molecular weight is 232 g/mol. The summed E-state index contributed by atoms with van der Waals surface area (Å²) in [5.41, 5.74) is 2.02. The molecular formula is C12H8OS2. The van der Waals surface area contributed by atoms with Crippen molar-refractivity contribution in [2.45, 2.75) is 10.6 Å². The Morgan fingerprint density at radius 2 is 2.00 bits per heavy atom. The van der Waals surface area contributed by atoms with Gasteiger partial charge in [-0.1, -0.05) is 24.3 Å². The molecule has 0 saturated carbocycles. The number of carbonyl (C=O) groups is 1. The SMILES string of the molecule is O=C1c2ccccc2CSc2ccsc21. The number of rotatable bonds is 0. The number of thioether (sulfide) groups is 1. The summed E-state index contributed by atoms with van der Waals surface area (Å²) in [4.78, 5) is 14.2. The Morgan fingerprint density at radius 1 is 1.13 bits per heavy atom. The number of hydrogen-bond donors (Lipinski definition) is 0. The van der Waals surface area contributed by atoms with E-state index in [1.165, 1.54) is 0 Å². The van der Waals surface area contributed by atoms with Crippen molar-refractivity contribution >= 4 is 28.9 Å². The lowest BCUT2D eigenvalue weighted by Gasteiger charge is -2.01. The Morgan fingerprint density at radius 3 is 2.93 bits per heavy atom. The first-order valence-electron chi connectivity index (χ1n) is 4.69. The number of fused-ring (bicyclic) bond motifs is 2. The summed E-state index contributed by atoms with van der Waals surface area (Å²) in [5.74, 6) is 1.08. The fourth-order valence-electron chi connectivity index (χ4n) is 1.72. The lowest BCUT2D eigenvalue weighted by molar-refractivity contribution is 0.104. The molecule has 15 heavy (non-hydrogen) atoms. The Hall–Kier alpha value is -1.06. The predicted molar refractivity (Wildman–Crippen MR) is 63.8 cm³/mol. The van der Waals surface area contributed by atoms with Crippen LogP contribution in [0.5, 0.6) is 0 Å². The molecule has 2 heterocycles. The maximum absolute atomic E-state index is 12.2. The van der Waals surface area contributed by atoms with Gasteiger partial charge in [0.25, 0.3) is 0 Å². The largest absolute Gasteiger partial charge is 0.288 e. The molecule has 0 spiro atoms. The minimum absolute atomic E-state index is 0.181. The van der Waals surface area contributed by atoms with Crippen LogP contribution in [0.15, 0.2) is 40.6 Å². The first kappa shape index (κ1) is 9.19. The van der Waals surface area contributed by atoms with Gasteiger partial charge < -0.3 is 0 Å². The highest BCUT2D eigenvalue weighted by molar-refractivity contribution is 7.98. The molecule has 74 valence electrons. The van der Waals surface area contributed by atoms with Crippen molar-refractivity contribution in [2.24, 2.45) is 0 Å². The van der Waals surface area contributed by atoms with Gasteiger partial charge in [-0.05, 0) is 17.0 Å². The lowest BCUT2D eigenvalue weighted by atomic mass is 10.0. The summed E-state index contributed by atoms with van der Waals surface area (Å²) in [5, 5.41) is 1.99. The maximum Gasteiger partial charge on any atom is 0.204 e. The predicted octanol–water partition coefficient (Wildman–Crippen LogP) is 3.58. The minimum Gasteiger partial charge on any atom is -0.288 e.